The van der Waals surface area contributed by atoms with Gasteiger partial charge >= 0.3 is 0 Å². The van der Waals surface area contributed by atoms with E-state index in [1.165, 1.54) is 33.4 Å². The van der Waals surface area contributed by atoms with E-state index in [4.69, 9.17) is 14.4 Å². The first kappa shape index (κ1) is 30.3. The largest absolute Gasteiger partial charge is 0.455 e. The minimum absolute atomic E-state index is 0.229. The molecule has 1 aliphatic carbocycles. The molecule has 0 N–H and O–H groups in total. The molecule has 7 aromatic carbocycles. The van der Waals surface area contributed by atoms with E-state index in [0.717, 1.165) is 61.1 Å². The topological polar surface area (TPSA) is 38.9 Å². The second-order valence-electron chi connectivity index (χ2n) is 14.1. The lowest BCUT2D eigenvalue weighted by Crippen LogP contribution is -2.16. The predicted molar refractivity (Wildman–Crippen MR) is 214 cm³/mol. The Morgan fingerprint density at radius 2 is 1.00 bits per heavy atom. The van der Waals surface area contributed by atoms with Gasteiger partial charge in [-0.1, -0.05) is 159 Å². The Labute approximate surface area is 302 Å². The predicted octanol–water partition coefficient (Wildman–Crippen LogP) is 13.0. The summed E-state index contributed by atoms with van der Waals surface area (Å²) in [4.78, 5) is 10.9. The summed E-state index contributed by atoms with van der Waals surface area (Å²) in [5.74, 6) is 0.687. The number of hydrogen-bond donors (Lipinski definition) is 0. The molecule has 0 atom stereocenters. The average molecular weight is 667 g/mol. The Kier molecular flexibility index (Phi) is 6.84. The first-order valence-electron chi connectivity index (χ1n) is 17.8. The third kappa shape index (κ3) is 4.66. The molecular weight excluding hydrogens is 633 g/mol. The fraction of sp³-hybridized carbons (Fsp3) is 0.0612. The standard InChI is InChI=1S/C49H34N2O/c1-49(2)41-26-13-11-23-38(41)45-40(29-28-34(46(45)49)32-18-7-4-8-19-32)48-50-42(35-21-10-9-20-33(35)31-16-5-3-6-17-31)30-43(51-48)39-25-15-24-37-36-22-12-14-27-44(36)52-47(37)39/h3-30H,1-2H3. The molecule has 0 radical (unpaired) electrons. The van der Waals surface area contributed by atoms with Crippen LogP contribution >= 0.6 is 0 Å². The van der Waals surface area contributed by atoms with E-state index in [2.05, 4.69) is 172 Å². The van der Waals surface area contributed by atoms with Crippen LogP contribution in [0.25, 0.3) is 89.2 Å². The van der Waals surface area contributed by atoms with Gasteiger partial charge in [-0.3, -0.25) is 0 Å². The molecular formula is C49H34N2O. The summed E-state index contributed by atoms with van der Waals surface area (Å²) < 4.78 is 6.57. The lowest BCUT2D eigenvalue weighted by Gasteiger charge is -2.25. The van der Waals surface area contributed by atoms with Crippen molar-refractivity contribution in [3.8, 4) is 67.3 Å². The molecule has 2 heterocycles. The fourth-order valence-corrected chi connectivity index (χ4v) is 8.33. The molecule has 0 fully saturated rings. The monoisotopic (exact) mass is 666 g/mol. The Morgan fingerprint density at radius 3 is 1.77 bits per heavy atom. The van der Waals surface area contributed by atoms with Gasteiger partial charge in [0.25, 0.3) is 0 Å². The molecule has 9 aromatic rings. The first-order chi connectivity index (χ1) is 25.6. The van der Waals surface area contributed by atoms with Crippen molar-refractivity contribution in [3.63, 3.8) is 0 Å². The number of hydrogen-bond acceptors (Lipinski definition) is 3. The van der Waals surface area contributed by atoms with Crippen LogP contribution in [0.2, 0.25) is 0 Å². The number of nitrogens with zero attached hydrogens (tertiary/aromatic N) is 2. The van der Waals surface area contributed by atoms with Crippen molar-refractivity contribution in [3.05, 3.63) is 181 Å². The lowest BCUT2D eigenvalue weighted by molar-refractivity contribution is 0.662. The molecule has 0 saturated heterocycles. The van der Waals surface area contributed by atoms with Gasteiger partial charge in [-0.05, 0) is 68.8 Å². The average Bonchev–Trinajstić information content (AvgIpc) is 3.71. The number of para-hydroxylation sites is 2. The summed E-state index contributed by atoms with van der Waals surface area (Å²) in [5.41, 5.74) is 15.9. The van der Waals surface area contributed by atoms with E-state index in [9.17, 15) is 0 Å². The van der Waals surface area contributed by atoms with Crippen LogP contribution in [0.4, 0.5) is 0 Å². The highest BCUT2D eigenvalue weighted by Crippen LogP contribution is 2.55. The minimum Gasteiger partial charge on any atom is -0.455 e. The quantitative estimate of drug-likeness (QED) is 0.183. The molecule has 0 spiro atoms. The van der Waals surface area contributed by atoms with Crippen LogP contribution in [0.5, 0.6) is 0 Å². The molecule has 0 saturated carbocycles. The van der Waals surface area contributed by atoms with Crippen LogP contribution in [0, 0.1) is 0 Å². The maximum Gasteiger partial charge on any atom is 0.161 e. The third-order valence-corrected chi connectivity index (χ3v) is 10.7. The molecule has 52 heavy (non-hydrogen) atoms. The minimum atomic E-state index is -0.229. The van der Waals surface area contributed by atoms with Crippen molar-refractivity contribution in [2.45, 2.75) is 19.3 Å². The molecule has 246 valence electrons. The van der Waals surface area contributed by atoms with Gasteiger partial charge in [-0.15, -0.1) is 0 Å². The van der Waals surface area contributed by atoms with E-state index >= 15 is 0 Å². The number of fused-ring (bicyclic) bond motifs is 6. The van der Waals surface area contributed by atoms with E-state index < -0.39 is 0 Å². The molecule has 3 nitrogen and oxygen atoms in total. The maximum absolute atomic E-state index is 6.57. The zero-order chi connectivity index (χ0) is 34.8. The van der Waals surface area contributed by atoms with Gasteiger partial charge in [0.05, 0.1) is 11.4 Å². The van der Waals surface area contributed by atoms with E-state index in [0.29, 0.717) is 5.82 Å². The van der Waals surface area contributed by atoms with E-state index in [-0.39, 0.29) is 5.41 Å². The second-order valence-corrected chi connectivity index (χ2v) is 14.1. The summed E-state index contributed by atoms with van der Waals surface area (Å²) in [5, 5.41) is 2.17. The smallest absolute Gasteiger partial charge is 0.161 e. The number of benzene rings is 7. The molecule has 3 heteroatoms. The third-order valence-electron chi connectivity index (χ3n) is 10.7. The highest BCUT2D eigenvalue weighted by Gasteiger charge is 2.39. The van der Waals surface area contributed by atoms with Crippen LogP contribution in [0.15, 0.2) is 174 Å². The number of furan rings is 1. The van der Waals surface area contributed by atoms with Crippen molar-refractivity contribution in [1.29, 1.82) is 0 Å². The summed E-state index contributed by atoms with van der Waals surface area (Å²) in [6.07, 6.45) is 0. The molecule has 2 aromatic heterocycles. The normalized spacial score (nSPS) is 13.0. The Hall–Kier alpha value is -6.58. The van der Waals surface area contributed by atoms with E-state index in [1.807, 2.05) is 12.1 Å². The highest BCUT2D eigenvalue weighted by atomic mass is 16.3. The Balaban J connectivity index is 1.29. The van der Waals surface area contributed by atoms with Crippen LogP contribution < -0.4 is 0 Å². The molecule has 10 rings (SSSR count). The first-order valence-corrected chi connectivity index (χ1v) is 17.8. The van der Waals surface area contributed by atoms with Gasteiger partial charge in [0, 0.05) is 32.9 Å². The molecule has 0 amide bonds. The van der Waals surface area contributed by atoms with Crippen molar-refractivity contribution >= 4 is 21.9 Å². The highest BCUT2D eigenvalue weighted by molar-refractivity contribution is 6.09. The van der Waals surface area contributed by atoms with Gasteiger partial charge in [-0.2, -0.15) is 0 Å². The lowest BCUT2D eigenvalue weighted by atomic mass is 9.78. The van der Waals surface area contributed by atoms with Crippen molar-refractivity contribution in [1.82, 2.24) is 9.97 Å². The van der Waals surface area contributed by atoms with Crippen molar-refractivity contribution < 1.29 is 4.42 Å². The number of aromatic nitrogens is 2. The van der Waals surface area contributed by atoms with Crippen molar-refractivity contribution in [2.75, 3.05) is 0 Å². The van der Waals surface area contributed by atoms with Crippen LogP contribution in [0.1, 0.15) is 25.0 Å². The summed E-state index contributed by atoms with van der Waals surface area (Å²) in [7, 11) is 0. The van der Waals surface area contributed by atoms with Gasteiger partial charge in [0.1, 0.15) is 11.2 Å². The molecule has 0 unspecified atom stereocenters. The summed E-state index contributed by atoms with van der Waals surface area (Å²) in [6.45, 7) is 4.68. The zero-order valence-electron chi connectivity index (χ0n) is 29.0. The van der Waals surface area contributed by atoms with Gasteiger partial charge < -0.3 is 4.42 Å². The number of rotatable bonds is 5. The van der Waals surface area contributed by atoms with Gasteiger partial charge in [-0.25, -0.2) is 9.97 Å². The van der Waals surface area contributed by atoms with Gasteiger partial charge in [0.2, 0.25) is 0 Å². The summed E-state index contributed by atoms with van der Waals surface area (Å²) >= 11 is 0. The Morgan fingerprint density at radius 1 is 0.442 bits per heavy atom. The zero-order valence-corrected chi connectivity index (χ0v) is 29.0. The summed E-state index contributed by atoms with van der Waals surface area (Å²) in [6, 6.07) is 59.8. The fourth-order valence-electron chi connectivity index (χ4n) is 8.33. The molecule has 0 aliphatic heterocycles. The molecule has 1 aliphatic rings. The molecule has 0 bridgehead atoms. The van der Waals surface area contributed by atoms with Crippen LogP contribution in [0.3, 0.4) is 0 Å². The maximum atomic E-state index is 6.57. The van der Waals surface area contributed by atoms with Crippen LogP contribution in [-0.2, 0) is 5.41 Å². The van der Waals surface area contributed by atoms with E-state index in [1.54, 1.807) is 0 Å². The Bertz CT molecular complexity index is 2810. The van der Waals surface area contributed by atoms with Gasteiger partial charge in [0.15, 0.2) is 5.82 Å². The second kappa shape index (κ2) is 11.8. The van der Waals surface area contributed by atoms with Crippen LogP contribution in [-0.4, -0.2) is 9.97 Å². The van der Waals surface area contributed by atoms with Crippen molar-refractivity contribution in [2.24, 2.45) is 0 Å². The SMILES string of the molecule is CC1(C)c2ccccc2-c2c(-c3nc(-c4ccccc4-c4ccccc4)cc(-c4cccc5c4oc4ccccc45)n3)ccc(-c3ccccc3)c21.